The summed E-state index contributed by atoms with van der Waals surface area (Å²) in [7, 11) is -3.34. The van der Waals surface area contributed by atoms with Gasteiger partial charge in [0.25, 0.3) is 0 Å². The first-order valence-corrected chi connectivity index (χ1v) is 8.21. The fourth-order valence-electron chi connectivity index (χ4n) is 2.19. The van der Waals surface area contributed by atoms with Crippen molar-refractivity contribution in [1.29, 1.82) is 0 Å². The Morgan fingerprint density at radius 3 is 2.68 bits per heavy atom. The lowest BCUT2D eigenvalue weighted by atomic mass is 10.0. The van der Waals surface area contributed by atoms with Crippen LogP contribution in [0.4, 0.5) is 5.69 Å². The van der Waals surface area contributed by atoms with Gasteiger partial charge in [-0.25, -0.2) is 8.42 Å². The smallest absolute Gasteiger partial charge is 0.241 e. The predicted molar refractivity (Wildman–Crippen MR) is 73.8 cm³/mol. The van der Waals surface area contributed by atoms with Gasteiger partial charge in [0, 0.05) is 6.26 Å². The van der Waals surface area contributed by atoms with Crippen LogP contribution in [0.15, 0.2) is 29.2 Å². The van der Waals surface area contributed by atoms with Crippen LogP contribution in [0.5, 0.6) is 0 Å². The molecule has 0 aliphatic carbocycles. The van der Waals surface area contributed by atoms with E-state index in [0.29, 0.717) is 5.69 Å². The highest BCUT2D eigenvalue weighted by molar-refractivity contribution is 7.90. The maximum absolute atomic E-state index is 12.1. The van der Waals surface area contributed by atoms with Crippen LogP contribution in [0, 0.1) is 0 Å². The summed E-state index contributed by atoms with van der Waals surface area (Å²) in [4.78, 5) is 12.2. The van der Waals surface area contributed by atoms with Gasteiger partial charge in [-0.15, -0.1) is 0 Å². The summed E-state index contributed by atoms with van der Waals surface area (Å²) in [5.41, 5.74) is 0.349. The van der Waals surface area contributed by atoms with Gasteiger partial charge in [0.05, 0.1) is 16.6 Å². The quantitative estimate of drug-likeness (QED) is 0.872. The van der Waals surface area contributed by atoms with Crippen LogP contribution < -0.4 is 10.6 Å². The first kappa shape index (κ1) is 14.0. The number of hydrogen-bond donors (Lipinski definition) is 2. The molecule has 19 heavy (non-hydrogen) atoms. The van der Waals surface area contributed by atoms with Gasteiger partial charge < -0.3 is 10.6 Å². The van der Waals surface area contributed by atoms with Crippen molar-refractivity contribution in [1.82, 2.24) is 5.32 Å². The number of rotatable bonds is 3. The number of benzene rings is 1. The zero-order chi connectivity index (χ0) is 13.9. The van der Waals surface area contributed by atoms with Crippen molar-refractivity contribution in [3.63, 3.8) is 0 Å². The summed E-state index contributed by atoms with van der Waals surface area (Å²) in [6.07, 6.45) is 4.01. The van der Waals surface area contributed by atoms with E-state index in [-0.39, 0.29) is 16.8 Å². The molecule has 1 aliphatic rings. The number of hydrogen-bond acceptors (Lipinski definition) is 4. The molecule has 1 heterocycles. The van der Waals surface area contributed by atoms with Crippen LogP contribution in [0.25, 0.3) is 0 Å². The lowest BCUT2D eigenvalue weighted by molar-refractivity contribution is -0.118. The fourth-order valence-corrected chi connectivity index (χ4v) is 3.03. The van der Waals surface area contributed by atoms with Gasteiger partial charge in [-0.1, -0.05) is 18.6 Å². The maximum Gasteiger partial charge on any atom is 0.241 e. The van der Waals surface area contributed by atoms with Crippen molar-refractivity contribution in [2.75, 3.05) is 18.1 Å². The molecule has 6 heteroatoms. The Balaban J connectivity index is 2.17. The van der Waals surface area contributed by atoms with Crippen molar-refractivity contribution >= 4 is 21.4 Å². The molecule has 0 aromatic heterocycles. The van der Waals surface area contributed by atoms with Crippen molar-refractivity contribution in [3.05, 3.63) is 24.3 Å². The number of para-hydroxylation sites is 1. The zero-order valence-corrected chi connectivity index (χ0v) is 11.7. The van der Waals surface area contributed by atoms with Crippen LogP contribution in [0.3, 0.4) is 0 Å². The minimum Gasteiger partial charge on any atom is -0.324 e. The minimum atomic E-state index is -3.34. The second kappa shape index (κ2) is 5.71. The van der Waals surface area contributed by atoms with Gasteiger partial charge in [0.15, 0.2) is 9.84 Å². The molecule has 1 fully saturated rings. The Bertz CT molecular complexity index is 563. The first-order chi connectivity index (χ1) is 8.98. The second-order valence-electron chi connectivity index (χ2n) is 4.76. The Morgan fingerprint density at radius 2 is 2.05 bits per heavy atom. The van der Waals surface area contributed by atoms with E-state index >= 15 is 0 Å². The number of carbonyl (C=O) groups excluding carboxylic acids is 1. The van der Waals surface area contributed by atoms with Crippen LogP contribution >= 0.6 is 0 Å². The molecule has 5 nitrogen and oxygen atoms in total. The Hall–Kier alpha value is -1.40. The molecule has 0 bridgehead atoms. The van der Waals surface area contributed by atoms with Crippen LogP contribution in [-0.4, -0.2) is 33.2 Å². The largest absolute Gasteiger partial charge is 0.324 e. The van der Waals surface area contributed by atoms with E-state index in [4.69, 9.17) is 0 Å². The molecule has 1 aliphatic heterocycles. The summed E-state index contributed by atoms with van der Waals surface area (Å²) in [6.45, 7) is 0.825. The molecule has 1 aromatic rings. The second-order valence-corrected chi connectivity index (χ2v) is 6.74. The SMILES string of the molecule is CS(=O)(=O)c1ccccc1NC(=O)[C@@H]1CCCCN1. The van der Waals surface area contributed by atoms with Crippen molar-refractivity contribution < 1.29 is 13.2 Å². The van der Waals surface area contributed by atoms with Gasteiger partial charge in [-0.2, -0.15) is 0 Å². The normalized spacial score (nSPS) is 19.9. The molecule has 1 aromatic carbocycles. The highest BCUT2D eigenvalue weighted by Crippen LogP contribution is 2.21. The van der Waals surface area contributed by atoms with Gasteiger partial charge in [0.2, 0.25) is 5.91 Å². The van der Waals surface area contributed by atoms with Crippen molar-refractivity contribution in [2.45, 2.75) is 30.2 Å². The number of nitrogens with one attached hydrogen (secondary N) is 2. The Labute approximate surface area is 113 Å². The average molecular weight is 282 g/mol. The molecule has 0 radical (unpaired) electrons. The first-order valence-electron chi connectivity index (χ1n) is 6.32. The van der Waals surface area contributed by atoms with Gasteiger partial charge >= 0.3 is 0 Å². The summed E-state index contributed by atoms with van der Waals surface area (Å²) in [6, 6.07) is 6.22. The highest BCUT2D eigenvalue weighted by Gasteiger charge is 2.22. The molecule has 0 unspecified atom stereocenters. The Morgan fingerprint density at radius 1 is 1.32 bits per heavy atom. The molecular formula is C13H18N2O3S. The topological polar surface area (TPSA) is 75.3 Å². The molecule has 2 N–H and O–H groups in total. The molecular weight excluding hydrogens is 264 g/mol. The zero-order valence-electron chi connectivity index (χ0n) is 10.8. The van der Waals surface area contributed by atoms with Crippen LogP contribution in [-0.2, 0) is 14.6 Å². The lowest BCUT2D eigenvalue weighted by Crippen LogP contribution is -2.43. The van der Waals surface area contributed by atoms with Crippen LogP contribution in [0.1, 0.15) is 19.3 Å². The summed E-state index contributed by atoms with van der Waals surface area (Å²) in [5, 5.41) is 5.84. The fraction of sp³-hybridized carbons (Fsp3) is 0.462. The predicted octanol–water partition coefficient (Wildman–Crippen LogP) is 1.17. The number of amides is 1. The minimum absolute atomic E-state index is 0.152. The highest BCUT2D eigenvalue weighted by atomic mass is 32.2. The average Bonchev–Trinajstić information content (AvgIpc) is 2.39. The van der Waals surface area contributed by atoms with E-state index in [1.807, 2.05) is 0 Å². The van der Waals surface area contributed by atoms with E-state index < -0.39 is 9.84 Å². The third kappa shape index (κ3) is 3.54. The number of carbonyl (C=O) groups is 1. The van der Waals surface area contributed by atoms with E-state index in [1.165, 1.54) is 6.07 Å². The van der Waals surface area contributed by atoms with Crippen molar-refractivity contribution in [3.8, 4) is 0 Å². The summed E-state index contributed by atoms with van der Waals surface area (Å²) >= 11 is 0. The molecule has 1 saturated heterocycles. The van der Waals surface area contributed by atoms with E-state index in [2.05, 4.69) is 10.6 Å². The summed E-state index contributed by atoms with van der Waals surface area (Å²) in [5.74, 6) is -0.171. The third-order valence-electron chi connectivity index (χ3n) is 3.17. The van der Waals surface area contributed by atoms with E-state index in [1.54, 1.807) is 18.2 Å². The van der Waals surface area contributed by atoms with Gasteiger partial charge in [-0.05, 0) is 31.5 Å². The molecule has 1 atom stereocenters. The molecule has 2 rings (SSSR count). The lowest BCUT2D eigenvalue weighted by Gasteiger charge is -2.23. The van der Waals surface area contributed by atoms with Gasteiger partial charge in [-0.3, -0.25) is 4.79 Å². The number of sulfone groups is 1. The van der Waals surface area contributed by atoms with E-state index in [9.17, 15) is 13.2 Å². The molecule has 104 valence electrons. The number of anilines is 1. The Kier molecular flexibility index (Phi) is 4.21. The third-order valence-corrected chi connectivity index (χ3v) is 4.33. The standard InChI is InChI=1S/C13H18N2O3S/c1-19(17,18)12-8-3-2-6-10(12)15-13(16)11-7-4-5-9-14-11/h2-3,6,8,11,14H,4-5,7,9H2,1H3,(H,15,16)/t11-/m0/s1. The molecule has 0 spiro atoms. The van der Waals surface area contributed by atoms with E-state index in [0.717, 1.165) is 32.1 Å². The molecule has 1 amide bonds. The van der Waals surface area contributed by atoms with Crippen molar-refractivity contribution in [2.24, 2.45) is 0 Å². The molecule has 0 saturated carbocycles. The maximum atomic E-state index is 12.1. The van der Waals surface area contributed by atoms with Gasteiger partial charge in [0.1, 0.15) is 0 Å². The number of piperidine rings is 1. The summed E-state index contributed by atoms with van der Waals surface area (Å²) < 4.78 is 23.3. The van der Waals surface area contributed by atoms with Crippen LogP contribution in [0.2, 0.25) is 0 Å². The monoisotopic (exact) mass is 282 g/mol.